The highest BCUT2D eigenvalue weighted by Crippen LogP contribution is 2.28. The molecule has 140 valence electrons. The van der Waals surface area contributed by atoms with Gasteiger partial charge in [-0.15, -0.1) is 0 Å². The van der Waals surface area contributed by atoms with E-state index < -0.39 is 5.91 Å². The molecule has 2 aromatic heterocycles. The summed E-state index contributed by atoms with van der Waals surface area (Å²) < 4.78 is 11.2. The first-order valence-corrected chi connectivity index (χ1v) is 8.73. The minimum absolute atomic E-state index is 0.0811. The Balaban J connectivity index is 1.61. The Morgan fingerprint density at radius 1 is 0.964 bits per heavy atom. The molecular formula is C22H18N2O4. The Hall–Kier alpha value is -3.80. The first kappa shape index (κ1) is 17.6. The first-order valence-electron chi connectivity index (χ1n) is 8.73. The summed E-state index contributed by atoms with van der Waals surface area (Å²) in [6.45, 7) is 3.86. The summed E-state index contributed by atoms with van der Waals surface area (Å²) in [5.74, 6) is -0.120. The van der Waals surface area contributed by atoms with Gasteiger partial charge in [-0.1, -0.05) is 23.8 Å². The second kappa shape index (κ2) is 6.74. The van der Waals surface area contributed by atoms with E-state index in [0.717, 1.165) is 16.5 Å². The van der Waals surface area contributed by atoms with Crippen LogP contribution in [-0.2, 0) is 0 Å². The topological polar surface area (TPSA) is 98.5 Å². The highest BCUT2D eigenvalue weighted by atomic mass is 16.4. The van der Waals surface area contributed by atoms with E-state index in [1.165, 1.54) is 6.07 Å². The molecule has 0 aliphatic heterocycles. The number of primary amides is 1. The molecule has 28 heavy (non-hydrogen) atoms. The summed E-state index contributed by atoms with van der Waals surface area (Å²) in [6.07, 6.45) is 0. The zero-order valence-corrected chi connectivity index (χ0v) is 15.4. The number of hydrogen-bond donors (Lipinski definition) is 2. The van der Waals surface area contributed by atoms with Crippen LogP contribution in [0.2, 0.25) is 0 Å². The van der Waals surface area contributed by atoms with Crippen molar-refractivity contribution in [2.45, 2.75) is 13.8 Å². The van der Waals surface area contributed by atoms with Crippen molar-refractivity contribution in [1.82, 2.24) is 0 Å². The van der Waals surface area contributed by atoms with Crippen LogP contribution in [0.15, 0.2) is 63.4 Å². The highest BCUT2D eigenvalue weighted by molar-refractivity contribution is 6.06. The van der Waals surface area contributed by atoms with E-state index in [4.69, 9.17) is 14.6 Å². The van der Waals surface area contributed by atoms with Crippen molar-refractivity contribution in [3.05, 3.63) is 77.2 Å². The van der Waals surface area contributed by atoms with Gasteiger partial charge in [0.25, 0.3) is 11.8 Å². The summed E-state index contributed by atoms with van der Waals surface area (Å²) in [5, 5.41) is 3.77. The molecular weight excluding hydrogens is 356 g/mol. The molecule has 2 aromatic carbocycles. The number of rotatable bonds is 4. The van der Waals surface area contributed by atoms with Crippen LogP contribution in [-0.4, -0.2) is 11.8 Å². The van der Waals surface area contributed by atoms with Crippen molar-refractivity contribution in [2.75, 3.05) is 5.32 Å². The van der Waals surface area contributed by atoms with Gasteiger partial charge >= 0.3 is 0 Å². The van der Waals surface area contributed by atoms with E-state index in [9.17, 15) is 9.59 Å². The normalized spacial score (nSPS) is 10.9. The lowest BCUT2D eigenvalue weighted by Gasteiger charge is -2.05. The lowest BCUT2D eigenvalue weighted by atomic mass is 10.1. The molecule has 0 unspecified atom stereocenters. The Kier molecular flexibility index (Phi) is 4.24. The van der Waals surface area contributed by atoms with E-state index in [0.29, 0.717) is 22.6 Å². The van der Waals surface area contributed by atoms with Gasteiger partial charge in [-0.3, -0.25) is 9.59 Å². The molecule has 0 aliphatic rings. The number of carbonyl (C=O) groups is 2. The summed E-state index contributed by atoms with van der Waals surface area (Å²) in [6, 6.07) is 16.1. The molecule has 4 aromatic rings. The maximum Gasteiger partial charge on any atom is 0.291 e. The second-order valence-corrected chi connectivity index (χ2v) is 6.62. The number of hydrogen-bond acceptors (Lipinski definition) is 4. The molecule has 2 heterocycles. The van der Waals surface area contributed by atoms with Crippen LogP contribution in [0.3, 0.4) is 0 Å². The summed E-state index contributed by atoms with van der Waals surface area (Å²) in [4.78, 5) is 23.9. The van der Waals surface area contributed by atoms with Gasteiger partial charge < -0.3 is 19.9 Å². The lowest BCUT2D eigenvalue weighted by molar-refractivity contribution is 0.0972. The van der Waals surface area contributed by atoms with E-state index in [2.05, 4.69) is 5.32 Å². The first-order chi connectivity index (χ1) is 13.4. The standard InChI is InChI=1S/C22H18N2O4/c1-12-6-7-18-16(10-12)13(2)20(28-18)22(26)24-15-5-3-4-14(11-15)17-8-9-19(27-17)21(23)25/h3-11H,1-2H3,(H2,23,25)(H,24,26). The molecule has 2 amide bonds. The summed E-state index contributed by atoms with van der Waals surface area (Å²) >= 11 is 0. The second-order valence-electron chi connectivity index (χ2n) is 6.62. The smallest absolute Gasteiger partial charge is 0.291 e. The molecule has 0 bridgehead atoms. The molecule has 6 nitrogen and oxygen atoms in total. The molecule has 0 saturated heterocycles. The van der Waals surface area contributed by atoms with Gasteiger partial charge in [-0.25, -0.2) is 0 Å². The number of benzene rings is 2. The molecule has 0 radical (unpaired) electrons. The Bertz CT molecular complexity index is 1220. The van der Waals surface area contributed by atoms with Crippen molar-refractivity contribution < 1.29 is 18.4 Å². The van der Waals surface area contributed by atoms with Gasteiger partial charge in [0, 0.05) is 22.2 Å². The van der Waals surface area contributed by atoms with Crippen molar-refractivity contribution in [3.63, 3.8) is 0 Å². The average Bonchev–Trinajstić information content (AvgIpc) is 3.28. The van der Waals surface area contributed by atoms with Gasteiger partial charge in [0.05, 0.1) is 0 Å². The fourth-order valence-corrected chi connectivity index (χ4v) is 3.11. The largest absolute Gasteiger partial charge is 0.451 e. The van der Waals surface area contributed by atoms with Gasteiger partial charge in [0.2, 0.25) is 0 Å². The van der Waals surface area contributed by atoms with Crippen LogP contribution in [0, 0.1) is 13.8 Å². The molecule has 3 N–H and O–H groups in total. The van der Waals surface area contributed by atoms with Crippen molar-refractivity contribution in [2.24, 2.45) is 5.73 Å². The zero-order valence-electron chi connectivity index (χ0n) is 15.4. The monoisotopic (exact) mass is 374 g/mol. The van der Waals surface area contributed by atoms with E-state index in [-0.39, 0.29) is 17.4 Å². The highest BCUT2D eigenvalue weighted by Gasteiger charge is 2.18. The van der Waals surface area contributed by atoms with Crippen LogP contribution < -0.4 is 11.1 Å². The minimum atomic E-state index is -0.633. The van der Waals surface area contributed by atoms with Gasteiger partial charge in [0.15, 0.2) is 11.5 Å². The summed E-state index contributed by atoms with van der Waals surface area (Å²) in [7, 11) is 0. The quantitative estimate of drug-likeness (QED) is 0.543. The molecule has 4 rings (SSSR count). The minimum Gasteiger partial charge on any atom is -0.451 e. The molecule has 0 aliphatic carbocycles. The number of carbonyl (C=O) groups excluding carboxylic acids is 2. The third-order valence-corrected chi connectivity index (χ3v) is 4.55. The number of anilines is 1. The summed E-state index contributed by atoms with van der Waals surface area (Å²) in [5.41, 5.74) is 9.09. The Morgan fingerprint density at radius 2 is 1.79 bits per heavy atom. The van der Waals surface area contributed by atoms with Crippen molar-refractivity contribution in [1.29, 1.82) is 0 Å². The molecule has 0 atom stereocenters. The van der Waals surface area contributed by atoms with E-state index >= 15 is 0 Å². The SMILES string of the molecule is Cc1ccc2oc(C(=O)Nc3cccc(-c4ccc(C(N)=O)o4)c3)c(C)c2c1. The maximum atomic E-state index is 12.7. The van der Waals surface area contributed by atoms with Crippen LogP contribution in [0.4, 0.5) is 5.69 Å². The number of fused-ring (bicyclic) bond motifs is 1. The third-order valence-electron chi connectivity index (χ3n) is 4.55. The molecule has 0 saturated carbocycles. The average molecular weight is 374 g/mol. The van der Waals surface area contributed by atoms with Crippen molar-refractivity contribution in [3.8, 4) is 11.3 Å². The van der Waals surface area contributed by atoms with Gasteiger partial charge in [0.1, 0.15) is 11.3 Å². The number of nitrogens with two attached hydrogens (primary N) is 1. The zero-order chi connectivity index (χ0) is 19.8. The molecule has 0 spiro atoms. The van der Waals surface area contributed by atoms with Crippen LogP contribution in [0.25, 0.3) is 22.3 Å². The lowest BCUT2D eigenvalue weighted by Crippen LogP contribution is -2.12. The Labute approximate surface area is 160 Å². The molecule has 0 fully saturated rings. The fraction of sp³-hybridized carbons (Fsp3) is 0.0909. The van der Waals surface area contributed by atoms with Crippen molar-refractivity contribution >= 4 is 28.5 Å². The van der Waals surface area contributed by atoms with Gasteiger partial charge in [-0.05, 0) is 50.2 Å². The maximum absolute atomic E-state index is 12.7. The van der Waals surface area contributed by atoms with E-state index in [1.54, 1.807) is 24.3 Å². The number of aryl methyl sites for hydroxylation is 2. The van der Waals surface area contributed by atoms with Crippen LogP contribution >= 0.6 is 0 Å². The molecule has 6 heteroatoms. The fourth-order valence-electron chi connectivity index (χ4n) is 3.11. The van der Waals surface area contributed by atoms with E-state index in [1.807, 2.05) is 38.1 Å². The number of nitrogens with one attached hydrogen (secondary N) is 1. The predicted molar refractivity (Wildman–Crippen MR) is 106 cm³/mol. The third kappa shape index (κ3) is 3.16. The Morgan fingerprint density at radius 3 is 2.54 bits per heavy atom. The van der Waals surface area contributed by atoms with Crippen LogP contribution in [0.1, 0.15) is 32.2 Å². The number of furan rings is 2. The van der Waals surface area contributed by atoms with Gasteiger partial charge in [-0.2, -0.15) is 0 Å². The number of amides is 2. The predicted octanol–water partition coefficient (Wildman–Crippen LogP) is 4.66. The van der Waals surface area contributed by atoms with Crippen LogP contribution in [0.5, 0.6) is 0 Å².